The molecule has 6 heteroatoms. The van der Waals surface area contributed by atoms with E-state index in [1.807, 2.05) is 0 Å². The average Bonchev–Trinajstić information content (AvgIpc) is 2.75. The number of hydrogen-bond acceptors (Lipinski definition) is 3. The number of amides is 1. The molecular formula is C14H29Cl2N3O. The Labute approximate surface area is 135 Å². The number of hydrogen-bond donors (Lipinski definition) is 1. The molecule has 4 nitrogen and oxygen atoms in total. The van der Waals surface area contributed by atoms with Crippen molar-refractivity contribution in [3.63, 3.8) is 0 Å². The second kappa shape index (κ2) is 9.08. The van der Waals surface area contributed by atoms with Crippen molar-refractivity contribution in [1.29, 1.82) is 0 Å². The fourth-order valence-corrected chi connectivity index (χ4v) is 3.28. The predicted molar refractivity (Wildman–Crippen MR) is 87.7 cm³/mol. The summed E-state index contributed by atoms with van der Waals surface area (Å²) < 4.78 is 0. The fraction of sp³-hybridized carbons (Fsp3) is 0.929. The monoisotopic (exact) mass is 325 g/mol. The minimum absolute atomic E-state index is 0. The lowest BCUT2D eigenvalue weighted by Gasteiger charge is -2.36. The smallest absolute Gasteiger partial charge is 0.222 e. The van der Waals surface area contributed by atoms with Crippen molar-refractivity contribution in [1.82, 2.24) is 9.80 Å². The highest BCUT2D eigenvalue weighted by Gasteiger charge is 2.30. The minimum atomic E-state index is 0. The van der Waals surface area contributed by atoms with E-state index >= 15 is 0 Å². The van der Waals surface area contributed by atoms with E-state index in [2.05, 4.69) is 23.9 Å². The SMILES string of the molecule is CN(C)C1CCCN(C(=O)C[C@@H]2CCC[C@H]2N)C1.Cl.Cl. The van der Waals surface area contributed by atoms with Gasteiger partial charge < -0.3 is 15.5 Å². The number of rotatable bonds is 3. The Morgan fingerprint density at radius 1 is 1.20 bits per heavy atom. The molecule has 1 heterocycles. The van der Waals surface area contributed by atoms with Crippen molar-refractivity contribution in [2.75, 3.05) is 27.2 Å². The highest BCUT2D eigenvalue weighted by Crippen LogP contribution is 2.28. The zero-order valence-corrected chi connectivity index (χ0v) is 14.2. The summed E-state index contributed by atoms with van der Waals surface area (Å²) in [5, 5.41) is 0. The number of likely N-dealkylation sites (tertiary alicyclic amines) is 1. The number of carbonyl (C=O) groups is 1. The molecule has 1 amide bonds. The van der Waals surface area contributed by atoms with Crippen LogP contribution >= 0.6 is 24.8 Å². The molecule has 0 aromatic rings. The Morgan fingerprint density at radius 2 is 1.90 bits per heavy atom. The van der Waals surface area contributed by atoms with E-state index < -0.39 is 0 Å². The van der Waals surface area contributed by atoms with Gasteiger partial charge in [0.25, 0.3) is 0 Å². The molecule has 0 spiro atoms. The van der Waals surface area contributed by atoms with Gasteiger partial charge in [0.1, 0.15) is 0 Å². The molecule has 1 unspecified atom stereocenters. The van der Waals surface area contributed by atoms with Gasteiger partial charge in [-0.25, -0.2) is 0 Å². The number of piperidine rings is 1. The highest BCUT2D eigenvalue weighted by atomic mass is 35.5. The zero-order valence-electron chi connectivity index (χ0n) is 12.6. The number of nitrogens with zero attached hydrogens (tertiary/aromatic N) is 2. The molecule has 1 aliphatic carbocycles. The summed E-state index contributed by atoms with van der Waals surface area (Å²) in [5.74, 6) is 0.751. The first-order chi connectivity index (χ1) is 8.58. The summed E-state index contributed by atoms with van der Waals surface area (Å²) in [6, 6.07) is 0.781. The third-order valence-corrected chi connectivity index (χ3v) is 4.63. The van der Waals surface area contributed by atoms with E-state index in [0.29, 0.717) is 24.3 Å². The summed E-state index contributed by atoms with van der Waals surface area (Å²) in [7, 11) is 4.21. The van der Waals surface area contributed by atoms with Crippen LogP contribution in [-0.4, -0.2) is 55.0 Å². The van der Waals surface area contributed by atoms with Crippen molar-refractivity contribution in [2.45, 2.75) is 50.6 Å². The second-order valence-electron chi connectivity index (χ2n) is 6.16. The van der Waals surface area contributed by atoms with Crippen LogP contribution in [0.2, 0.25) is 0 Å². The maximum Gasteiger partial charge on any atom is 0.222 e. The molecule has 20 heavy (non-hydrogen) atoms. The second-order valence-corrected chi connectivity index (χ2v) is 6.16. The lowest BCUT2D eigenvalue weighted by atomic mass is 9.98. The molecule has 0 aromatic carbocycles. The van der Waals surface area contributed by atoms with E-state index in [0.717, 1.165) is 32.4 Å². The van der Waals surface area contributed by atoms with Gasteiger partial charge in [-0.3, -0.25) is 4.79 Å². The van der Waals surface area contributed by atoms with Crippen LogP contribution in [0.4, 0.5) is 0 Å². The van der Waals surface area contributed by atoms with Crippen molar-refractivity contribution in [3.8, 4) is 0 Å². The fourth-order valence-electron chi connectivity index (χ4n) is 3.28. The first-order valence-electron chi connectivity index (χ1n) is 7.27. The van der Waals surface area contributed by atoms with Crippen LogP contribution < -0.4 is 5.73 Å². The quantitative estimate of drug-likeness (QED) is 0.862. The molecule has 1 aliphatic heterocycles. The molecule has 0 aromatic heterocycles. The number of nitrogens with two attached hydrogens (primary N) is 1. The largest absolute Gasteiger partial charge is 0.341 e. The molecular weight excluding hydrogens is 297 g/mol. The highest BCUT2D eigenvalue weighted by molar-refractivity contribution is 5.85. The van der Waals surface area contributed by atoms with Gasteiger partial charge in [-0.15, -0.1) is 24.8 Å². The Hall–Kier alpha value is -0.0300. The van der Waals surface area contributed by atoms with Crippen LogP contribution in [0.5, 0.6) is 0 Å². The third kappa shape index (κ3) is 5.06. The topological polar surface area (TPSA) is 49.6 Å². The molecule has 120 valence electrons. The predicted octanol–water partition coefficient (Wildman–Crippen LogP) is 1.90. The van der Waals surface area contributed by atoms with Crippen LogP contribution in [0.3, 0.4) is 0 Å². The molecule has 2 rings (SSSR count). The molecule has 1 saturated carbocycles. The van der Waals surface area contributed by atoms with Gasteiger partial charge in [-0.1, -0.05) is 6.42 Å². The van der Waals surface area contributed by atoms with E-state index in [1.54, 1.807) is 0 Å². The van der Waals surface area contributed by atoms with Crippen molar-refractivity contribution < 1.29 is 4.79 Å². The molecule has 2 N–H and O–H groups in total. The van der Waals surface area contributed by atoms with Crippen molar-refractivity contribution >= 4 is 30.7 Å². The van der Waals surface area contributed by atoms with Crippen LogP contribution in [0, 0.1) is 5.92 Å². The number of likely N-dealkylation sites (N-methyl/N-ethyl adjacent to an activating group) is 1. The van der Waals surface area contributed by atoms with Crippen molar-refractivity contribution in [2.24, 2.45) is 11.7 Å². The lowest BCUT2D eigenvalue weighted by Crippen LogP contribution is -2.48. The molecule has 0 bridgehead atoms. The van der Waals surface area contributed by atoms with Crippen LogP contribution in [-0.2, 0) is 4.79 Å². The summed E-state index contributed by atoms with van der Waals surface area (Å²) in [6.45, 7) is 1.83. The standard InChI is InChI=1S/C14H27N3O.2ClH/c1-16(2)12-6-4-8-17(10-12)14(18)9-11-5-3-7-13(11)15;;/h11-13H,3-10,15H2,1-2H3;2*1H/t11-,12?,13+;;/m0../s1. The van der Waals surface area contributed by atoms with Gasteiger partial charge in [0, 0.05) is 31.6 Å². The normalized spacial score (nSPS) is 29.8. The maximum atomic E-state index is 12.3. The van der Waals surface area contributed by atoms with Crippen LogP contribution in [0.15, 0.2) is 0 Å². The summed E-state index contributed by atoms with van der Waals surface area (Å²) >= 11 is 0. The summed E-state index contributed by atoms with van der Waals surface area (Å²) in [6.07, 6.45) is 6.43. The minimum Gasteiger partial charge on any atom is -0.341 e. The van der Waals surface area contributed by atoms with E-state index in [1.165, 1.54) is 12.8 Å². The lowest BCUT2D eigenvalue weighted by molar-refractivity contribution is -0.134. The third-order valence-electron chi connectivity index (χ3n) is 4.63. The van der Waals surface area contributed by atoms with Crippen LogP contribution in [0.1, 0.15) is 38.5 Å². The number of halogens is 2. The molecule has 2 aliphatic rings. The van der Waals surface area contributed by atoms with Gasteiger partial charge in [0.2, 0.25) is 5.91 Å². The van der Waals surface area contributed by atoms with Crippen molar-refractivity contribution in [3.05, 3.63) is 0 Å². The molecule has 1 saturated heterocycles. The molecule has 2 fully saturated rings. The first-order valence-corrected chi connectivity index (χ1v) is 7.27. The molecule has 3 atom stereocenters. The number of carbonyl (C=O) groups excluding carboxylic acids is 1. The Bertz CT molecular complexity index is 302. The van der Waals surface area contributed by atoms with Gasteiger partial charge >= 0.3 is 0 Å². The Kier molecular flexibility index (Phi) is 9.07. The summed E-state index contributed by atoms with van der Waals surface area (Å²) in [4.78, 5) is 16.6. The zero-order chi connectivity index (χ0) is 13.1. The Balaban J connectivity index is 0.00000180. The van der Waals surface area contributed by atoms with Gasteiger partial charge in [-0.2, -0.15) is 0 Å². The first kappa shape index (κ1) is 20.0. The van der Waals surface area contributed by atoms with E-state index in [-0.39, 0.29) is 30.9 Å². The average molecular weight is 326 g/mol. The maximum absolute atomic E-state index is 12.3. The van der Waals surface area contributed by atoms with Gasteiger partial charge in [0.05, 0.1) is 0 Å². The summed E-state index contributed by atoms with van der Waals surface area (Å²) in [5.41, 5.74) is 6.05. The van der Waals surface area contributed by atoms with Gasteiger partial charge in [-0.05, 0) is 45.7 Å². The Morgan fingerprint density at radius 3 is 2.45 bits per heavy atom. The van der Waals surface area contributed by atoms with Crippen LogP contribution in [0.25, 0.3) is 0 Å². The van der Waals surface area contributed by atoms with E-state index in [9.17, 15) is 4.79 Å². The van der Waals surface area contributed by atoms with E-state index in [4.69, 9.17) is 5.73 Å². The molecule has 0 radical (unpaired) electrons. The van der Waals surface area contributed by atoms with Gasteiger partial charge in [0.15, 0.2) is 0 Å².